The standard InChI is InChI=1S/C18H29N3O2.HI/c1-5-6-7-8-9-12-21(3)18(19-2)20-14-15-13-16(23-4)10-11-17(15)22;/h5,10-11,13,22H,1,6-9,12,14H2,2-4H3,(H,19,20);1H. The Morgan fingerprint density at radius 2 is 2.12 bits per heavy atom. The number of aromatic hydroxyl groups is 1. The molecule has 0 radical (unpaired) electrons. The minimum atomic E-state index is 0. The largest absolute Gasteiger partial charge is 0.508 e. The van der Waals surface area contributed by atoms with E-state index in [0.717, 1.165) is 36.7 Å². The Hall–Kier alpha value is -1.44. The molecule has 0 saturated carbocycles. The normalized spacial score (nSPS) is 10.7. The maximum Gasteiger partial charge on any atom is 0.193 e. The van der Waals surface area contributed by atoms with Gasteiger partial charge in [-0.2, -0.15) is 0 Å². The Balaban J connectivity index is 0.00000529. The third-order valence-corrected chi connectivity index (χ3v) is 3.70. The lowest BCUT2D eigenvalue weighted by molar-refractivity contribution is 0.410. The van der Waals surface area contributed by atoms with Crippen LogP contribution in [0.3, 0.4) is 0 Å². The number of halogens is 1. The zero-order valence-electron chi connectivity index (χ0n) is 14.9. The number of phenolic OH excluding ortho intramolecular Hbond substituents is 1. The van der Waals surface area contributed by atoms with E-state index in [4.69, 9.17) is 4.74 Å². The zero-order chi connectivity index (χ0) is 17.1. The van der Waals surface area contributed by atoms with Crippen LogP contribution in [0.4, 0.5) is 0 Å². The highest BCUT2D eigenvalue weighted by Gasteiger charge is 2.08. The second-order valence-electron chi connectivity index (χ2n) is 5.45. The fourth-order valence-corrected chi connectivity index (χ4v) is 2.31. The van der Waals surface area contributed by atoms with Crippen molar-refractivity contribution in [1.82, 2.24) is 10.2 Å². The first kappa shape index (κ1) is 22.6. The Morgan fingerprint density at radius 3 is 2.75 bits per heavy atom. The number of allylic oxidation sites excluding steroid dienone is 1. The monoisotopic (exact) mass is 447 g/mol. The molecule has 5 nitrogen and oxygen atoms in total. The number of hydrogen-bond donors (Lipinski definition) is 2. The summed E-state index contributed by atoms with van der Waals surface area (Å²) in [6.45, 7) is 5.18. The molecule has 0 aliphatic carbocycles. The van der Waals surface area contributed by atoms with Crippen molar-refractivity contribution < 1.29 is 9.84 Å². The molecule has 136 valence electrons. The van der Waals surface area contributed by atoms with Gasteiger partial charge in [0.1, 0.15) is 11.5 Å². The van der Waals surface area contributed by atoms with Crippen molar-refractivity contribution in [2.75, 3.05) is 27.7 Å². The van der Waals surface area contributed by atoms with Gasteiger partial charge in [-0.25, -0.2) is 0 Å². The van der Waals surface area contributed by atoms with Gasteiger partial charge in [0.25, 0.3) is 0 Å². The lowest BCUT2D eigenvalue weighted by Crippen LogP contribution is -2.39. The van der Waals surface area contributed by atoms with Crippen LogP contribution in [-0.2, 0) is 6.54 Å². The molecule has 1 rings (SSSR count). The minimum Gasteiger partial charge on any atom is -0.508 e. The molecule has 0 spiro atoms. The molecule has 0 amide bonds. The molecule has 0 heterocycles. The van der Waals surface area contributed by atoms with Gasteiger partial charge in [-0.05, 0) is 37.5 Å². The summed E-state index contributed by atoms with van der Waals surface area (Å²) in [6, 6.07) is 5.20. The molecule has 6 heteroatoms. The lowest BCUT2D eigenvalue weighted by atomic mass is 10.2. The summed E-state index contributed by atoms with van der Waals surface area (Å²) >= 11 is 0. The van der Waals surface area contributed by atoms with Gasteiger partial charge >= 0.3 is 0 Å². The van der Waals surface area contributed by atoms with Crippen molar-refractivity contribution >= 4 is 29.9 Å². The highest BCUT2D eigenvalue weighted by atomic mass is 127. The third-order valence-electron chi connectivity index (χ3n) is 3.70. The Bertz CT molecular complexity index is 521. The van der Waals surface area contributed by atoms with E-state index in [2.05, 4.69) is 21.8 Å². The Kier molecular flexibility index (Phi) is 12.1. The molecule has 0 atom stereocenters. The van der Waals surface area contributed by atoms with Crippen molar-refractivity contribution in [1.29, 1.82) is 0 Å². The number of nitrogens with zero attached hydrogens (tertiary/aromatic N) is 2. The number of rotatable bonds is 9. The van der Waals surface area contributed by atoms with Gasteiger partial charge in [0.2, 0.25) is 0 Å². The topological polar surface area (TPSA) is 57.1 Å². The molecule has 0 unspecified atom stereocenters. The van der Waals surface area contributed by atoms with Crippen LogP contribution in [0.2, 0.25) is 0 Å². The molecule has 0 bridgehead atoms. The van der Waals surface area contributed by atoms with E-state index in [9.17, 15) is 5.11 Å². The van der Waals surface area contributed by atoms with E-state index >= 15 is 0 Å². The number of hydrogen-bond acceptors (Lipinski definition) is 3. The van der Waals surface area contributed by atoms with Gasteiger partial charge in [0.05, 0.1) is 7.11 Å². The number of methoxy groups -OCH3 is 1. The van der Waals surface area contributed by atoms with E-state index in [-0.39, 0.29) is 29.7 Å². The van der Waals surface area contributed by atoms with Crippen LogP contribution < -0.4 is 10.1 Å². The number of ether oxygens (including phenoxy) is 1. The number of unbranched alkanes of at least 4 members (excludes halogenated alkanes) is 3. The highest BCUT2D eigenvalue weighted by molar-refractivity contribution is 14.0. The van der Waals surface area contributed by atoms with Crippen molar-refractivity contribution in [2.24, 2.45) is 4.99 Å². The zero-order valence-corrected chi connectivity index (χ0v) is 17.2. The van der Waals surface area contributed by atoms with Crippen LogP contribution in [0.5, 0.6) is 11.5 Å². The fraction of sp³-hybridized carbons (Fsp3) is 0.500. The summed E-state index contributed by atoms with van der Waals surface area (Å²) in [5.41, 5.74) is 0.782. The van der Waals surface area contributed by atoms with Crippen molar-refractivity contribution in [3.05, 3.63) is 36.4 Å². The molecular formula is C18H30IN3O2. The van der Waals surface area contributed by atoms with Gasteiger partial charge in [0.15, 0.2) is 5.96 Å². The quantitative estimate of drug-likeness (QED) is 0.199. The average Bonchev–Trinajstić information content (AvgIpc) is 2.56. The molecule has 2 N–H and O–H groups in total. The van der Waals surface area contributed by atoms with Gasteiger partial charge in [-0.3, -0.25) is 4.99 Å². The first-order valence-corrected chi connectivity index (χ1v) is 8.01. The number of aliphatic imine (C=N–C) groups is 1. The second-order valence-corrected chi connectivity index (χ2v) is 5.45. The minimum absolute atomic E-state index is 0. The van der Waals surface area contributed by atoms with Gasteiger partial charge in [-0.1, -0.05) is 12.5 Å². The van der Waals surface area contributed by atoms with Crippen LogP contribution in [0.25, 0.3) is 0 Å². The summed E-state index contributed by atoms with van der Waals surface area (Å²) in [5, 5.41) is 13.2. The van der Waals surface area contributed by atoms with Crippen LogP contribution >= 0.6 is 24.0 Å². The van der Waals surface area contributed by atoms with Gasteiger partial charge in [-0.15, -0.1) is 30.6 Å². The summed E-state index contributed by atoms with van der Waals surface area (Å²) < 4.78 is 5.19. The predicted octanol–water partition coefficient (Wildman–Crippen LogP) is 3.77. The maximum atomic E-state index is 9.92. The van der Waals surface area contributed by atoms with E-state index in [1.807, 2.05) is 19.2 Å². The molecule has 0 fully saturated rings. The van der Waals surface area contributed by atoms with E-state index in [1.54, 1.807) is 26.3 Å². The van der Waals surface area contributed by atoms with E-state index < -0.39 is 0 Å². The fourth-order valence-electron chi connectivity index (χ4n) is 2.31. The molecule has 1 aromatic rings. The molecule has 0 aliphatic rings. The van der Waals surface area contributed by atoms with Crippen LogP contribution in [0.15, 0.2) is 35.8 Å². The SMILES string of the molecule is C=CCCCCCN(C)C(=NC)NCc1cc(OC)ccc1O.I. The summed E-state index contributed by atoms with van der Waals surface area (Å²) in [6.07, 6.45) is 6.52. The van der Waals surface area contributed by atoms with Crippen LogP contribution in [-0.4, -0.2) is 43.7 Å². The maximum absolute atomic E-state index is 9.92. The van der Waals surface area contributed by atoms with Gasteiger partial charge < -0.3 is 20.1 Å². The van der Waals surface area contributed by atoms with E-state index in [1.165, 1.54) is 12.8 Å². The van der Waals surface area contributed by atoms with Crippen LogP contribution in [0, 0.1) is 0 Å². The van der Waals surface area contributed by atoms with Gasteiger partial charge in [0, 0.05) is 32.7 Å². The molecule has 1 aromatic carbocycles. The Morgan fingerprint density at radius 1 is 1.38 bits per heavy atom. The molecular weight excluding hydrogens is 417 g/mol. The molecule has 0 aromatic heterocycles. The number of nitrogens with one attached hydrogen (secondary N) is 1. The van der Waals surface area contributed by atoms with Crippen molar-refractivity contribution in [3.8, 4) is 11.5 Å². The third kappa shape index (κ3) is 7.90. The number of phenols is 1. The van der Waals surface area contributed by atoms with Crippen molar-refractivity contribution in [3.63, 3.8) is 0 Å². The summed E-state index contributed by atoms with van der Waals surface area (Å²) in [7, 11) is 5.40. The summed E-state index contributed by atoms with van der Waals surface area (Å²) in [4.78, 5) is 6.40. The molecule has 24 heavy (non-hydrogen) atoms. The average molecular weight is 447 g/mol. The van der Waals surface area contributed by atoms with E-state index in [0.29, 0.717) is 6.54 Å². The molecule has 0 saturated heterocycles. The predicted molar refractivity (Wildman–Crippen MR) is 112 cm³/mol. The highest BCUT2D eigenvalue weighted by Crippen LogP contribution is 2.22. The first-order valence-electron chi connectivity index (χ1n) is 8.01. The van der Waals surface area contributed by atoms with Crippen LogP contribution in [0.1, 0.15) is 31.2 Å². The summed E-state index contributed by atoms with van der Waals surface area (Å²) in [5.74, 6) is 1.79. The van der Waals surface area contributed by atoms with Crippen molar-refractivity contribution in [2.45, 2.75) is 32.2 Å². The Labute approximate surface area is 162 Å². The number of guanidine groups is 1. The smallest absolute Gasteiger partial charge is 0.193 e. The number of benzene rings is 1. The second kappa shape index (κ2) is 12.9. The first-order chi connectivity index (χ1) is 11.1. The lowest BCUT2D eigenvalue weighted by Gasteiger charge is -2.22. The molecule has 0 aliphatic heterocycles.